The normalized spacial score (nSPS) is 18.2. The highest BCUT2D eigenvalue weighted by molar-refractivity contribution is 7.15. The molecule has 1 unspecified atom stereocenters. The van der Waals surface area contributed by atoms with Crippen molar-refractivity contribution in [2.45, 2.75) is 38.5 Å². The molecule has 1 atom stereocenters. The van der Waals surface area contributed by atoms with E-state index < -0.39 is 0 Å². The van der Waals surface area contributed by atoms with Crippen LogP contribution in [-0.4, -0.2) is 15.0 Å². The van der Waals surface area contributed by atoms with Crippen LogP contribution in [0.1, 0.15) is 41.6 Å². The zero-order valence-corrected chi connectivity index (χ0v) is 17.8. The van der Waals surface area contributed by atoms with Gasteiger partial charge >= 0.3 is 0 Å². The maximum Gasteiger partial charge on any atom is 0.187 e. The SMILES string of the molecule is Cc1c[nH]c(-c2ccc(Nc3nc4c(s3)CCCC4(C)c3ccccc3)cc2F)n1. The molecule has 5 rings (SSSR count). The lowest BCUT2D eigenvalue weighted by Crippen LogP contribution is -2.28. The average molecular weight is 419 g/mol. The summed E-state index contributed by atoms with van der Waals surface area (Å²) in [5.41, 5.74) is 4.34. The summed E-state index contributed by atoms with van der Waals surface area (Å²) in [6.45, 7) is 4.16. The molecule has 0 aliphatic heterocycles. The number of rotatable bonds is 4. The molecular formula is C24H23FN4S. The van der Waals surface area contributed by atoms with Gasteiger partial charge in [-0.05, 0) is 56.9 Å². The van der Waals surface area contributed by atoms with E-state index in [0.29, 0.717) is 17.1 Å². The molecule has 1 aliphatic carbocycles. The van der Waals surface area contributed by atoms with Gasteiger partial charge in [0.05, 0.1) is 17.0 Å². The molecule has 2 N–H and O–H groups in total. The second kappa shape index (κ2) is 7.36. The highest BCUT2D eigenvalue weighted by Crippen LogP contribution is 2.45. The molecule has 0 fully saturated rings. The summed E-state index contributed by atoms with van der Waals surface area (Å²) in [5.74, 6) is 0.227. The van der Waals surface area contributed by atoms with E-state index in [1.807, 2.05) is 19.1 Å². The van der Waals surface area contributed by atoms with E-state index in [-0.39, 0.29) is 11.2 Å². The maximum atomic E-state index is 14.7. The highest BCUT2D eigenvalue weighted by Gasteiger charge is 2.37. The van der Waals surface area contributed by atoms with Crippen LogP contribution in [0, 0.1) is 12.7 Å². The van der Waals surface area contributed by atoms with E-state index in [0.717, 1.165) is 35.8 Å². The van der Waals surface area contributed by atoms with Gasteiger partial charge in [-0.15, -0.1) is 11.3 Å². The Morgan fingerprint density at radius 2 is 1.97 bits per heavy atom. The fourth-order valence-electron chi connectivity index (χ4n) is 4.27. The molecule has 0 radical (unpaired) electrons. The van der Waals surface area contributed by atoms with Crippen molar-refractivity contribution >= 4 is 22.2 Å². The third-order valence-electron chi connectivity index (χ3n) is 5.89. The predicted octanol–water partition coefficient (Wildman–Crippen LogP) is 6.37. The van der Waals surface area contributed by atoms with Crippen molar-refractivity contribution in [2.75, 3.05) is 5.32 Å². The van der Waals surface area contributed by atoms with E-state index in [1.165, 1.54) is 16.5 Å². The van der Waals surface area contributed by atoms with Crippen molar-refractivity contribution in [1.82, 2.24) is 15.0 Å². The second-order valence-corrected chi connectivity index (χ2v) is 9.14. The van der Waals surface area contributed by atoms with Gasteiger partial charge in [0.25, 0.3) is 0 Å². The zero-order chi connectivity index (χ0) is 20.7. The fraction of sp³-hybridized carbons (Fsp3) is 0.250. The Morgan fingerprint density at radius 3 is 2.70 bits per heavy atom. The topological polar surface area (TPSA) is 53.6 Å². The van der Waals surface area contributed by atoms with Gasteiger partial charge < -0.3 is 10.3 Å². The minimum absolute atomic E-state index is 0.0858. The van der Waals surface area contributed by atoms with Crippen molar-refractivity contribution in [1.29, 1.82) is 0 Å². The van der Waals surface area contributed by atoms with E-state index in [2.05, 4.69) is 46.5 Å². The van der Waals surface area contributed by atoms with Gasteiger partial charge in [-0.1, -0.05) is 30.3 Å². The largest absolute Gasteiger partial charge is 0.344 e. The molecule has 0 spiro atoms. The van der Waals surface area contributed by atoms with E-state index in [1.54, 1.807) is 23.6 Å². The molecule has 2 aromatic carbocycles. The standard InChI is InChI=1S/C24H23FN4S/c1-15-14-26-22(27-15)18-11-10-17(13-19(18)25)28-23-29-21-20(30-23)9-6-12-24(21,2)16-7-4-3-5-8-16/h3-5,7-8,10-11,13-14H,6,9,12H2,1-2H3,(H,26,27)(H,28,29). The van der Waals surface area contributed by atoms with Crippen LogP contribution in [0.3, 0.4) is 0 Å². The van der Waals surface area contributed by atoms with Crippen molar-refractivity contribution in [2.24, 2.45) is 0 Å². The number of H-pyrrole nitrogens is 1. The molecule has 0 amide bonds. The van der Waals surface area contributed by atoms with Crippen LogP contribution in [0.15, 0.2) is 54.7 Å². The Morgan fingerprint density at radius 1 is 1.13 bits per heavy atom. The summed E-state index contributed by atoms with van der Waals surface area (Å²) in [7, 11) is 0. The van der Waals surface area contributed by atoms with E-state index in [9.17, 15) is 4.39 Å². The Kier molecular flexibility index (Phi) is 4.66. The number of halogens is 1. The summed E-state index contributed by atoms with van der Waals surface area (Å²) in [5, 5.41) is 4.12. The van der Waals surface area contributed by atoms with Gasteiger partial charge in [-0.3, -0.25) is 0 Å². The number of aryl methyl sites for hydroxylation is 2. The Balaban J connectivity index is 1.44. The first kappa shape index (κ1) is 19.0. The number of hydrogen-bond acceptors (Lipinski definition) is 4. The molecule has 30 heavy (non-hydrogen) atoms. The van der Waals surface area contributed by atoms with Gasteiger partial charge in [0.15, 0.2) is 5.13 Å². The highest BCUT2D eigenvalue weighted by atomic mass is 32.1. The van der Waals surface area contributed by atoms with Gasteiger partial charge in [0.2, 0.25) is 0 Å². The average Bonchev–Trinajstić information content (AvgIpc) is 3.36. The quantitative estimate of drug-likeness (QED) is 0.405. The van der Waals surface area contributed by atoms with Crippen LogP contribution in [0.4, 0.5) is 15.2 Å². The first-order valence-electron chi connectivity index (χ1n) is 10.2. The van der Waals surface area contributed by atoms with E-state index >= 15 is 0 Å². The van der Waals surface area contributed by atoms with Crippen molar-refractivity contribution < 1.29 is 4.39 Å². The van der Waals surface area contributed by atoms with Crippen LogP contribution >= 0.6 is 11.3 Å². The van der Waals surface area contributed by atoms with Gasteiger partial charge in [0, 0.05) is 22.2 Å². The predicted molar refractivity (Wildman–Crippen MR) is 120 cm³/mol. The lowest BCUT2D eigenvalue weighted by molar-refractivity contribution is 0.458. The lowest BCUT2D eigenvalue weighted by atomic mass is 9.72. The molecule has 0 saturated heterocycles. The van der Waals surface area contributed by atoms with Crippen molar-refractivity contribution in [3.63, 3.8) is 0 Å². The van der Waals surface area contributed by atoms with Crippen LogP contribution in [0.2, 0.25) is 0 Å². The molecule has 4 aromatic rings. The van der Waals surface area contributed by atoms with Gasteiger partial charge in [-0.2, -0.15) is 0 Å². The fourth-order valence-corrected chi connectivity index (χ4v) is 5.43. The smallest absolute Gasteiger partial charge is 0.187 e. The molecule has 152 valence electrons. The molecule has 4 nitrogen and oxygen atoms in total. The summed E-state index contributed by atoms with van der Waals surface area (Å²) >= 11 is 1.67. The molecular weight excluding hydrogens is 395 g/mol. The maximum absolute atomic E-state index is 14.7. The number of fused-ring (bicyclic) bond motifs is 1. The summed E-state index contributed by atoms with van der Waals surface area (Å²) < 4.78 is 14.7. The minimum Gasteiger partial charge on any atom is -0.344 e. The third-order valence-corrected chi connectivity index (χ3v) is 6.92. The summed E-state index contributed by atoms with van der Waals surface area (Å²) in [6, 6.07) is 15.7. The first-order chi connectivity index (χ1) is 14.5. The number of hydrogen-bond donors (Lipinski definition) is 2. The Bertz CT molecular complexity index is 1200. The Hall–Kier alpha value is -2.99. The first-order valence-corrected chi connectivity index (χ1v) is 11.0. The van der Waals surface area contributed by atoms with Crippen molar-refractivity contribution in [3.8, 4) is 11.4 Å². The van der Waals surface area contributed by atoms with Crippen LogP contribution in [0.25, 0.3) is 11.4 Å². The molecule has 0 bridgehead atoms. The van der Waals surface area contributed by atoms with Crippen LogP contribution in [-0.2, 0) is 11.8 Å². The molecule has 0 saturated carbocycles. The molecule has 6 heteroatoms. The third kappa shape index (κ3) is 3.31. The van der Waals surface area contributed by atoms with E-state index in [4.69, 9.17) is 4.98 Å². The van der Waals surface area contributed by atoms with Gasteiger partial charge in [0.1, 0.15) is 11.6 Å². The number of aromatic amines is 1. The van der Waals surface area contributed by atoms with Crippen molar-refractivity contribution in [3.05, 3.63) is 82.4 Å². The molecule has 2 heterocycles. The summed E-state index contributed by atoms with van der Waals surface area (Å²) in [6.07, 6.45) is 5.04. The van der Waals surface area contributed by atoms with Crippen LogP contribution < -0.4 is 5.32 Å². The Labute approximate surface area is 179 Å². The minimum atomic E-state index is -0.315. The van der Waals surface area contributed by atoms with Crippen LogP contribution in [0.5, 0.6) is 0 Å². The number of aromatic nitrogens is 3. The number of benzene rings is 2. The number of nitrogens with one attached hydrogen (secondary N) is 2. The monoisotopic (exact) mass is 418 g/mol. The molecule has 1 aliphatic rings. The number of nitrogens with zero attached hydrogens (tertiary/aromatic N) is 2. The summed E-state index contributed by atoms with van der Waals surface area (Å²) in [4.78, 5) is 13.6. The number of anilines is 2. The zero-order valence-electron chi connectivity index (χ0n) is 17.0. The van der Waals surface area contributed by atoms with Gasteiger partial charge in [-0.25, -0.2) is 14.4 Å². The lowest BCUT2D eigenvalue weighted by Gasteiger charge is -2.33. The number of thiazole rings is 1. The second-order valence-electron chi connectivity index (χ2n) is 8.05. The molecule has 2 aromatic heterocycles. The number of imidazole rings is 1.